The van der Waals surface area contributed by atoms with Crippen LogP contribution in [0.2, 0.25) is 0 Å². The van der Waals surface area contributed by atoms with Crippen molar-refractivity contribution in [3.63, 3.8) is 0 Å². The molecule has 0 aromatic heterocycles. The van der Waals surface area contributed by atoms with Crippen molar-refractivity contribution in [1.29, 1.82) is 0 Å². The van der Waals surface area contributed by atoms with Crippen LogP contribution in [0.25, 0.3) is 0 Å². The van der Waals surface area contributed by atoms with Gasteiger partial charge in [0.1, 0.15) is 0 Å². The van der Waals surface area contributed by atoms with Gasteiger partial charge in [-0.2, -0.15) is 0 Å². The number of likely N-dealkylation sites (tertiary alicyclic amines) is 1. The van der Waals surface area contributed by atoms with Gasteiger partial charge in [-0.25, -0.2) is 0 Å². The van der Waals surface area contributed by atoms with Crippen LogP contribution in [0.3, 0.4) is 0 Å². The SMILES string of the molecule is CCCOCCC(=O)N1CCCC2(CCCNC2)C1. The van der Waals surface area contributed by atoms with E-state index < -0.39 is 0 Å². The Morgan fingerprint density at radius 1 is 1.32 bits per heavy atom. The Labute approximate surface area is 116 Å². The lowest BCUT2D eigenvalue weighted by Crippen LogP contribution is -2.52. The van der Waals surface area contributed by atoms with Crippen molar-refractivity contribution in [3.8, 4) is 0 Å². The number of piperidine rings is 2. The van der Waals surface area contributed by atoms with E-state index in [-0.39, 0.29) is 5.91 Å². The number of hydrogen-bond donors (Lipinski definition) is 1. The van der Waals surface area contributed by atoms with Gasteiger partial charge in [0.25, 0.3) is 0 Å². The zero-order valence-corrected chi connectivity index (χ0v) is 12.2. The molecule has 2 heterocycles. The van der Waals surface area contributed by atoms with E-state index in [0.29, 0.717) is 18.4 Å². The fourth-order valence-corrected chi connectivity index (χ4v) is 3.36. The first kappa shape index (κ1) is 14.8. The molecule has 19 heavy (non-hydrogen) atoms. The number of amides is 1. The van der Waals surface area contributed by atoms with Crippen molar-refractivity contribution in [2.24, 2.45) is 5.41 Å². The Balaban J connectivity index is 1.78. The van der Waals surface area contributed by atoms with Gasteiger partial charge < -0.3 is 15.0 Å². The molecule has 0 radical (unpaired) electrons. The molecule has 0 aliphatic carbocycles. The number of carbonyl (C=O) groups excluding carboxylic acids is 1. The highest BCUT2D eigenvalue weighted by Gasteiger charge is 2.37. The lowest BCUT2D eigenvalue weighted by Gasteiger charge is -2.45. The van der Waals surface area contributed by atoms with Crippen LogP contribution in [0.15, 0.2) is 0 Å². The molecule has 2 fully saturated rings. The zero-order valence-electron chi connectivity index (χ0n) is 12.2. The molecule has 1 amide bonds. The number of nitrogens with zero attached hydrogens (tertiary/aromatic N) is 1. The van der Waals surface area contributed by atoms with Crippen LogP contribution in [0, 0.1) is 5.41 Å². The first-order valence-electron chi connectivity index (χ1n) is 7.82. The third-order valence-corrected chi connectivity index (χ3v) is 4.38. The van der Waals surface area contributed by atoms with Crippen LogP contribution < -0.4 is 5.32 Å². The highest BCUT2D eigenvalue weighted by atomic mass is 16.5. The van der Waals surface area contributed by atoms with Crippen molar-refractivity contribution >= 4 is 5.91 Å². The van der Waals surface area contributed by atoms with E-state index >= 15 is 0 Å². The normalized spacial score (nSPS) is 27.7. The van der Waals surface area contributed by atoms with Crippen LogP contribution >= 0.6 is 0 Å². The lowest BCUT2D eigenvalue weighted by atomic mass is 9.74. The predicted octanol–water partition coefficient (Wildman–Crippen LogP) is 1.80. The first-order chi connectivity index (χ1) is 9.26. The van der Waals surface area contributed by atoms with Crippen molar-refractivity contribution in [1.82, 2.24) is 10.2 Å². The Bertz CT molecular complexity index is 282. The molecule has 1 atom stereocenters. The Morgan fingerprint density at radius 2 is 2.16 bits per heavy atom. The Kier molecular flexibility index (Phi) is 5.64. The van der Waals surface area contributed by atoms with Crippen molar-refractivity contribution < 1.29 is 9.53 Å². The second-order valence-corrected chi connectivity index (χ2v) is 6.06. The second kappa shape index (κ2) is 7.25. The number of nitrogens with one attached hydrogen (secondary N) is 1. The fourth-order valence-electron chi connectivity index (χ4n) is 3.36. The molecule has 0 aromatic rings. The third-order valence-electron chi connectivity index (χ3n) is 4.38. The summed E-state index contributed by atoms with van der Waals surface area (Å²) in [6.07, 6.45) is 6.52. The second-order valence-electron chi connectivity index (χ2n) is 6.06. The summed E-state index contributed by atoms with van der Waals surface area (Å²) in [5.41, 5.74) is 0.358. The summed E-state index contributed by atoms with van der Waals surface area (Å²) in [6.45, 7) is 7.55. The van der Waals surface area contributed by atoms with E-state index in [1.165, 1.54) is 19.3 Å². The third kappa shape index (κ3) is 4.18. The summed E-state index contributed by atoms with van der Waals surface area (Å²) < 4.78 is 5.42. The first-order valence-corrected chi connectivity index (χ1v) is 7.82. The largest absolute Gasteiger partial charge is 0.381 e. The van der Waals surface area contributed by atoms with E-state index in [1.807, 2.05) is 0 Å². The average molecular weight is 268 g/mol. The summed E-state index contributed by atoms with van der Waals surface area (Å²) in [5.74, 6) is 0.278. The maximum atomic E-state index is 12.2. The maximum Gasteiger partial charge on any atom is 0.224 e. The van der Waals surface area contributed by atoms with E-state index in [1.54, 1.807) is 0 Å². The van der Waals surface area contributed by atoms with Gasteiger partial charge in [0.2, 0.25) is 5.91 Å². The molecular formula is C15H28N2O2. The summed E-state index contributed by atoms with van der Waals surface area (Å²) >= 11 is 0. The molecular weight excluding hydrogens is 240 g/mol. The highest BCUT2D eigenvalue weighted by Crippen LogP contribution is 2.35. The summed E-state index contributed by atoms with van der Waals surface area (Å²) in [4.78, 5) is 14.3. The molecule has 2 rings (SSSR count). The van der Waals surface area contributed by atoms with Crippen LogP contribution in [0.5, 0.6) is 0 Å². The molecule has 4 heteroatoms. The lowest BCUT2D eigenvalue weighted by molar-refractivity contribution is -0.136. The number of ether oxygens (including phenoxy) is 1. The van der Waals surface area contributed by atoms with Gasteiger partial charge in [0.15, 0.2) is 0 Å². The molecule has 0 bridgehead atoms. The number of rotatable bonds is 5. The zero-order chi connectivity index (χ0) is 13.6. The van der Waals surface area contributed by atoms with Crippen LogP contribution in [-0.4, -0.2) is 50.2 Å². The standard InChI is InChI=1S/C15H28N2O2/c1-2-10-19-11-5-14(18)17-9-4-7-15(13-17)6-3-8-16-12-15/h16H,2-13H2,1H3. The van der Waals surface area contributed by atoms with E-state index in [2.05, 4.69) is 17.1 Å². The number of carbonyl (C=O) groups is 1. The minimum absolute atomic E-state index is 0.278. The van der Waals surface area contributed by atoms with Gasteiger partial charge >= 0.3 is 0 Å². The molecule has 1 spiro atoms. The van der Waals surface area contributed by atoms with Gasteiger partial charge in [-0.1, -0.05) is 6.92 Å². The van der Waals surface area contributed by atoms with Crippen LogP contribution in [0.4, 0.5) is 0 Å². The minimum Gasteiger partial charge on any atom is -0.381 e. The fraction of sp³-hybridized carbons (Fsp3) is 0.933. The predicted molar refractivity (Wildman–Crippen MR) is 76.1 cm³/mol. The van der Waals surface area contributed by atoms with Crippen molar-refractivity contribution in [2.45, 2.75) is 45.4 Å². The molecule has 2 aliphatic rings. The van der Waals surface area contributed by atoms with Gasteiger partial charge in [0.05, 0.1) is 13.0 Å². The molecule has 1 unspecified atom stereocenters. The smallest absolute Gasteiger partial charge is 0.224 e. The summed E-state index contributed by atoms with van der Waals surface area (Å²) in [7, 11) is 0. The quantitative estimate of drug-likeness (QED) is 0.773. The van der Waals surface area contributed by atoms with Crippen molar-refractivity contribution in [2.75, 3.05) is 39.4 Å². The van der Waals surface area contributed by atoms with Gasteiger partial charge in [-0.3, -0.25) is 4.79 Å². The molecule has 0 saturated carbocycles. The molecule has 4 nitrogen and oxygen atoms in total. The van der Waals surface area contributed by atoms with Crippen LogP contribution in [0.1, 0.15) is 45.4 Å². The van der Waals surface area contributed by atoms with E-state index in [4.69, 9.17) is 4.74 Å². The van der Waals surface area contributed by atoms with E-state index in [0.717, 1.165) is 45.6 Å². The monoisotopic (exact) mass is 268 g/mol. The van der Waals surface area contributed by atoms with Crippen LogP contribution in [-0.2, 0) is 9.53 Å². The topological polar surface area (TPSA) is 41.6 Å². The highest BCUT2D eigenvalue weighted by molar-refractivity contribution is 5.76. The van der Waals surface area contributed by atoms with Crippen molar-refractivity contribution in [3.05, 3.63) is 0 Å². The van der Waals surface area contributed by atoms with Gasteiger partial charge in [0, 0.05) is 31.7 Å². The number of hydrogen-bond acceptors (Lipinski definition) is 3. The molecule has 1 N–H and O–H groups in total. The summed E-state index contributed by atoms with van der Waals surface area (Å²) in [5, 5.41) is 3.50. The van der Waals surface area contributed by atoms with Gasteiger partial charge in [-0.15, -0.1) is 0 Å². The minimum atomic E-state index is 0.278. The Hall–Kier alpha value is -0.610. The summed E-state index contributed by atoms with van der Waals surface area (Å²) in [6, 6.07) is 0. The molecule has 0 aromatic carbocycles. The van der Waals surface area contributed by atoms with E-state index in [9.17, 15) is 4.79 Å². The maximum absolute atomic E-state index is 12.2. The molecule has 110 valence electrons. The molecule has 2 aliphatic heterocycles. The Morgan fingerprint density at radius 3 is 2.89 bits per heavy atom. The average Bonchev–Trinajstić information content (AvgIpc) is 2.44. The molecule has 2 saturated heterocycles. The van der Waals surface area contributed by atoms with Gasteiger partial charge in [-0.05, 0) is 38.6 Å².